The van der Waals surface area contributed by atoms with Crippen LogP contribution in [-0.2, 0) is 11.2 Å². The number of nitrogens with zero attached hydrogens (tertiary/aromatic N) is 3. The lowest BCUT2D eigenvalue weighted by atomic mass is 10.1. The second-order valence-corrected chi connectivity index (χ2v) is 6.90. The first-order valence-electron chi connectivity index (χ1n) is 8.79. The van der Waals surface area contributed by atoms with Crippen LogP contribution in [0.25, 0.3) is 11.4 Å². The highest BCUT2D eigenvalue weighted by atomic mass is 35.5. The summed E-state index contributed by atoms with van der Waals surface area (Å²) in [5, 5.41) is 10.6. The average Bonchev–Trinajstić information content (AvgIpc) is 3.41. The van der Waals surface area contributed by atoms with Crippen molar-refractivity contribution in [1.29, 1.82) is 0 Å². The maximum Gasteiger partial charge on any atom is 0.231 e. The highest BCUT2D eigenvalue weighted by Gasteiger charge is 2.10. The molecule has 0 unspecified atom stereocenters. The number of hydrogen-bond acceptors (Lipinski definition) is 6. The van der Waals surface area contributed by atoms with Gasteiger partial charge in [0.1, 0.15) is 5.82 Å². The van der Waals surface area contributed by atoms with E-state index in [1.54, 1.807) is 30.5 Å². The van der Waals surface area contributed by atoms with Crippen molar-refractivity contribution in [2.24, 2.45) is 0 Å². The van der Waals surface area contributed by atoms with Crippen LogP contribution in [0, 0.1) is 0 Å². The van der Waals surface area contributed by atoms with E-state index in [9.17, 15) is 4.79 Å². The van der Waals surface area contributed by atoms with Crippen molar-refractivity contribution in [3.05, 3.63) is 58.0 Å². The first-order chi connectivity index (χ1) is 13.7. The van der Waals surface area contributed by atoms with Crippen LogP contribution in [0.1, 0.15) is 24.3 Å². The number of halogens is 2. The summed E-state index contributed by atoms with van der Waals surface area (Å²) in [4.78, 5) is 18.7. The van der Waals surface area contributed by atoms with Gasteiger partial charge in [0.2, 0.25) is 18.1 Å². The topological polar surface area (TPSA) is 92.9 Å². The van der Waals surface area contributed by atoms with E-state index in [0.29, 0.717) is 46.0 Å². The molecular formula is C19H19Cl2N5O2. The Morgan fingerprint density at radius 1 is 1.14 bits per heavy atom. The van der Waals surface area contributed by atoms with Crippen LogP contribution < -0.4 is 10.6 Å². The molecule has 0 spiro atoms. The molecule has 7 nitrogen and oxygen atoms in total. The molecule has 0 atom stereocenters. The second-order valence-electron chi connectivity index (χ2n) is 6.09. The van der Waals surface area contributed by atoms with Crippen LogP contribution in [-0.4, -0.2) is 34.6 Å². The van der Waals surface area contributed by atoms with Crippen molar-refractivity contribution < 1.29 is 9.32 Å². The lowest BCUT2D eigenvalue weighted by Gasteiger charge is -1.99. The fourth-order valence-corrected chi connectivity index (χ4v) is 2.89. The highest BCUT2D eigenvalue weighted by Crippen LogP contribution is 2.24. The Bertz CT molecular complexity index is 903. The van der Waals surface area contributed by atoms with Crippen molar-refractivity contribution in [3.8, 4) is 11.4 Å². The molecule has 2 N–H and O–H groups in total. The fourth-order valence-electron chi connectivity index (χ4n) is 2.57. The maximum atomic E-state index is 10.3. The van der Waals surface area contributed by atoms with Gasteiger partial charge in [-0.3, -0.25) is 4.79 Å². The Morgan fingerprint density at radius 2 is 1.96 bits per heavy atom. The van der Waals surface area contributed by atoms with Gasteiger partial charge < -0.3 is 15.2 Å². The number of carbonyl (C=O) groups excluding carboxylic acids is 1. The SMILES string of the molecule is C1CCNC1.O=CNc1ccc(-c2noc(Cc3ccc(Cl)c(Cl)c3)n2)cn1. The molecule has 1 aliphatic rings. The minimum absolute atomic E-state index is 0.421. The van der Waals surface area contributed by atoms with E-state index in [0.717, 1.165) is 5.56 Å². The number of nitrogens with one attached hydrogen (secondary N) is 2. The molecule has 28 heavy (non-hydrogen) atoms. The molecule has 9 heteroatoms. The standard InChI is InChI=1S/C15H10Cl2N4O2.C4H9N/c16-11-3-1-9(5-12(11)17)6-14-20-15(21-23-14)10-2-4-13(18-7-10)19-8-22;1-2-4-5-3-1/h1-5,7-8H,6H2,(H,18,19,22);5H,1-4H2. The third-order valence-electron chi connectivity index (χ3n) is 3.99. The largest absolute Gasteiger partial charge is 0.339 e. The van der Waals surface area contributed by atoms with Gasteiger partial charge in [0.15, 0.2) is 0 Å². The fraction of sp³-hybridized carbons (Fsp3) is 0.263. The molecule has 1 saturated heterocycles. The van der Waals surface area contributed by atoms with Gasteiger partial charge in [0.25, 0.3) is 0 Å². The van der Waals surface area contributed by atoms with E-state index in [4.69, 9.17) is 27.7 Å². The first-order valence-corrected chi connectivity index (χ1v) is 9.55. The summed E-state index contributed by atoms with van der Waals surface area (Å²) in [6.07, 6.45) is 5.34. The zero-order chi connectivity index (χ0) is 19.8. The Kier molecular flexibility index (Phi) is 7.36. The van der Waals surface area contributed by atoms with Gasteiger partial charge in [-0.1, -0.05) is 34.4 Å². The van der Waals surface area contributed by atoms with Crippen LogP contribution in [0.3, 0.4) is 0 Å². The predicted octanol–water partition coefficient (Wildman–Crippen LogP) is 3.97. The van der Waals surface area contributed by atoms with Crippen molar-refractivity contribution >= 4 is 35.4 Å². The number of pyridine rings is 1. The van der Waals surface area contributed by atoms with Crippen molar-refractivity contribution in [3.63, 3.8) is 0 Å². The number of hydrogen-bond donors (Lipinski definition) is 2. The predicted molar refractivity (Wildman–Crippen MR) is 109 cm³/mol. The molecule has 4 rings (SSSR count). The summed E-state index contributed by atoms with van der Waals surface area (Å²) < 4.78 is 5.23. The summed E-state index contributed by atoms with van der Waals surface area (Å²) in [7, 11) is 0. The Morgan fingerprint density at radius 3 is 2.57 bits per heavy atom. The second kappa shape index (κ2) is 10.2. The van der Waals surface area contributed by atoms with Gasteiger partial charge >= 0.3 is 0 Å². The van der Waals surface area contributed by atoms with Crippen molar-refractivity contribution in [1.82, 2.24) is 20.4 Å². The van der Waals surface area contributed by atoms with E-state index in [2.05, 4.69) is 25.8 Å². The third kappa shape index (κ3) is 5.76. The molecule has 1 amide bonds. The maximum absolute atomic E-state index is 10.3. The number of aromatic nitrogens is 3. The van der Waals surface area contributed by atoms with Crippen LogP contribution in [0.2, 0.25) is 10.0 Å². The quantitative estimate of drug-likeness (QED) is 0.607. The molecule has 0 bridgehead atoms. The molecule has 3 aromatic rings. The molecule has 2 aromatic heterocycles. The summed E-state index contributed by atoms with van der Waals surface area (Å²) >= 11 is 11.9. The van der Waals surface area contributed by atoms with Gasteiger partial charge in [-0.05, 0) is 55.8 Å². The first kappa shape index (κ1) is 20.3. The number of carbonyl (C=O) groups is 1. The normalized spacial score (nSPS) is 12.9. The highest BCUT2D eigenvalue weighted by molar-refractivity contribution is 6.42. The van der Waals surface area contributed by atoms with Gasteiger partial charge in [-0.2, -0.15) is 4.98 Å². The number of benzene rings is 1. The van der Waals surface area contributed by atoms with Gasteiger partial charge in [0, 0.05) is 11.8 Å². The summed E-state index contributed by atoms with van der Waals surface area (Å²) in [5.41, 5.74) is 1.60. The third-order valence-corrected chi connectivity index (χ3v) is 4.73. The van der Waals surface area contributed by atoms with Crippen LogP contribution in [0.15, 0.2) is 41.1 Å². The lowest BCUT2D eigenvalue weighted by Crippen LogP contribution is -2.03. The average molecular weight is 420 g/mol. The van der Waals surface area contributed by atoms with Crippen molar-refractivity contribution in [2.45, 2.75) is 19.3 Å². The van der Waals surface area contributed by atoms with Crippen LogP contribution in [0.4, 0.5) is 5.82 Å². The Balaban J connectivity index is 0.000000391. The lowest BCUT2D eigenvalue weighted by molar-refractivity contribution is -0.105. The summed E-state index contributed by atoms with van der Waals surface area (Å²) in [6, 6.07) is 8.72. The van der Waals surface area contributed by atoms with E-state index in [-0.39, 0.29) is 0 Å². The zero-order valence-electron chi connectivity index (χ0n) is 15.0. The molecule has 146 valence electrons. The molecule has 0 saturated carbocycles. The number of amides is 1. The minimum Gasteiger partial charge on any atom is -0.339 e. The van der Waals surface area contributed by atoms with Gasteiger partial charge in [-0.25, -0.2) is 4.98 Å². The number of anilines is 1. The Labute approximate surface area is 172 Å². The minimum atomic E-state index is 0.421. The van der Waals surface area contributed by atoms with Crippen LogP contribution in [0.5, 0.6) is 0 Å². The molecule has 0 radical (unpaired) electrons. The summed E-state index contributed by atoms with van der Waals surface area (Å²) in [6.45, 7) is 2.50. The molecule has 1 aliphatic heterocycles. The number of rotatable bonds is 5. The smallest absolute Gasteiger partial charge is 0.231 e. The van der Waals surface area contributed by atoms with Crippen LogP contribution >= 0.6 is 23.2 Å². The monoisotopic (exact) mass is 419 g/mol. The molecular weight excluding hydrogens is 401 g/mol. The van der Waals surface area contributed by atoms with E-state index < -0.39 is 0 Å². The van der Waals surface area contributed by atoms with E-state index in [1.807, 2.05) is 6.07 Å². The molecule has 1 aromatic carbocycles. The summed E-state index contributed by atoms with van der Waals surface area (Å²) in [5.74, 6) is 1.32. The Hall–Kier alpha value is -2.48. The van der Waals surface area contributed by atoms with Gasteiger partial charge in [-0.15, -0.1) is 0 Å². The van der Waals surface area contributed by atoms with Crippen molar-refractivity contribution in [2.75, 3.05) is 18.4 Å². The molecule has 3 heterocycles. The molecule has 1 fully saturated rings. The van der Waals surface area contributed by atoms with Gasteiger partial charge in [0.05, 0.1) is 16.5 Å². The van der Waals surface area contributed by atoms with E-state index >= 15 is 0 Å². The van der Waals surface area contributed by atoms with E-state index in [1.165, 1.54) is 25.9 Å². The molecule has 0 aliphatic carbocycles. The zero-order valence-corrected chi connectivity index (χ0v) is 16.5.